The third-order valence-electron chi connectivity index (χ3n) is 7.36. The van der Waals surface area contributed by atoms with E-state index in [1.807, 2.05) is 30.3 Å². The second-order valence-electron chi connectivity index (χ2n) is 9.58. The van der Waals surface area contributed by atoms with Crippen molar-refractivity contribution in [3.63, 3.8) is 0 Å². The van der Waals surface area contributed by atoms with Crippen LogP contribution in [0.4, 0.5) is 5.69 Å². The number of methoxy groups -OCH3 is 2. The molecule has 0 unspecified atom stereocenters. The molecule has 0 spiro atoms. The maximum absolute atomic E-state index is 12.9. The topological polar surface area (TPSA) is 99.0 Å². The lowest BCUT2D eigenvalue weighted by atomic mass is 9.98. The molecule has 0 radical (unpaired) electrons. The molecule has 38 heavy (non-hydrogen) atoms. The van der Waals surface area contributed by atoms with Crippen LogP contribution in [0.1, 0.15) is 34.3 Å². The number of nitrogens with zero attached hydrogens (tertiary/aromatic N) is 5. The Morgan fingerprint density at radius 1 is 1.00 bits per heavy atom. The van der Waals surface area contributed by atoms with Crippen LogP contribution in [0.2, 0.25) is 0 Å². The molecule has 1 saturated heterocycles. The quantitative estimate of drug-likeness (QED) is 0.444. The van der Waals surface area contributed by atoms with Crippen molar-refractivity contribution in [3.8, 4) is 17.6 Å². The van der Waals surface area contributed by atoms with E-state index in [0.717, 1.165) is 67.7 Å². The molecule has 0 bridgehead atoms. The minimum Gasteiger partial charge on any atom is -0.493 e. The summed E-state index contributed by atoms with van der Waals surface area (Å²) >= 11 is 0. The Morgan fingerprint density at radius 2 is 1.79 bits per heavy atom. The molecule has 0 aliphatic carbocycles. The van der Waals surface area contributed by atoms with Gasteiger partial charge in [0.05, 0.1) is 37.4 Å². The molecule has 3 aromatic rings. The van der Waals surface area contributed by atoms with Gasteiger partial charge < -0.3 is 19.3 Å². The van der Waals surface area contributed by atoms with Gasteiger partial charge >= 0.3 is 0 Å². The van der Waals surface area contributed by atoms with Crippen molar-refractivity contribution in [1.82, 2.24) is 14.8 Å². The number of nitriles is 1. The normalized spacial score (nSPS) is 16.2. The summed E-state index contributed by atoms with van der Waals surface area (Å²) in [4.78, 5) is 36.0. The van der Waals surface area contributed by atoms with Gasteiger partial charge in [0.25, 0.3) is 5.91 Å². The van der Waals surface area contributed by atoms with Crippen molar-refractivity contribution in [3.05, 3.63) is 59.3 Å². The van der Waals surface area contributed by atoms with E-state index in [2.05, 4.69) is 20.9 Å². The monoisotopic (exact) mass is 513 g/mol. The number of carbonyl (C=O) groups is 2. The van der Waals surface area contributed by atoms with Crippen LogP contribution in [-0.2, 0) is 11.2 Å². The fraction of sp³-hybridized carbons (Fsp3) is 0.379. The molecule has 1 fully saturated rings. The first-order chi connectivity index (χ1) is 18.5. The summed E-state index contributed by atoms with van der Waals surface area (Å²) in [5.74, 6) is 0.870. The Kier molecular flexibility index (Phi) is 7.43. The van der Waals surface area contributed by atoms with Crippen LogP contribution < -0.4 is 14.4 Å². The fourth-order valence-electron chi connectivity index (χ4n) is 5.42. The standard InChI is InChI=1S/C29H31N5O4/c1-37-25-16-23-24(17-26(25)38-2)31-19-21(18-30)28(23)33-11-5-9-32(13-14-33)10-6-12-34-27(35)15-20-7-3-4-8-22(20)29(34)36/h3-4,7-8,16-17,19H,5-6,9-15H2,1-2H3. The molecule has 1 aromatic heterocycles. The molecule has 0 atom stereocenters. The second kappa shape index (κ2) is 11.1. The highest BCUT2D eigenvalue weighted by molar-refractivity contribution is 6.09. The number of fused-ring (bicyclic) bond motifs is 2. The van der Waals surface area contributed by atoms with Crippen LogP contribution >= 0.6 is 0 Å². The molecular formula is C29H31N5O4. The zero-order chi connectivity index (χ0) is 26.6. The zero-order valence-electron chi connectivity index (χ0n) is 21.8. The molecule has 2 amide bonds. The fourth-order valence-corrected chi connectivity index (χ4v) is 5.42. The van der Waals surface area contributed by atoms with Crippen molar-refractivity contribution < 1.29 is 19.1 Å². The van der Waals surface area contributed by atoms with Crippen LogP contribution in [0.15, 0.2) is 42.6 Å². The third-order valence-corrected chi connectivity index (χ3v) is 7.36. The maximum Gasteiger partial charge on any atom is 0.260 e. The lowest BCUT2D eigenvalue weighted by molar-refractivity contribution is -0.128. The summed E-state index contributed by atoms with van der Waals surface area (Å²) in [6.45, 7) is 4.48. The second-order valence-corrected chi connectivity index (χ2v) is 9.58. The summed E-state index contributed by atoms with van der Waals surface area (Å²) in [6, 6.07) is 13.4. The first kappa shape index (κ1) is 25.5. The van der Waals surface area contributed by atoms with E-state index < -0.39 is 0 Å². The van der Waals surface area contributed by atoms with E-state index in [-0.39, 0.29) is 18.2 Å². The molecule has 5 rings (SSSR count). The van der Waals surface area contributed by atoms with Gasteiger partial charge in [0.15, 0.2) is 11.5 Å². The summed E-state index contributed by atoms with van der Waals surface area (Å²) in [5, 5.41) is 10.7. The van der Waals surface area contributed by atoms with Gasteiger partial charge in [0.2, 0.25) is 5.91 Å². The van der Waals surface area contributed by atoms with Crippen LogP contribution in [0.25, 0.3) is 10.9 Å². The van der Waals surface area contributed by atoms with E-state index in [1.165, 1.54) is 4.90 Å². The molecule has 2 aliphatic heterocycles. The van der Waals surface area contributed by atoms with Crippen molar-refractivity contribution in [2.24, 2.45) is 0 Å². The lowest BCUT2D eigenvalue weighted by Crippen LogP contribution is -2.43. The van der Waals surface area contributed by atoms with E-state index >= 15 is 0 Å². The van der Waals surface area contributed by atoms with Gasteiger partial charge in [-0.3, -0.25) is 19.5 Å². The number of benzene rings is 2. The van der Waals surface area contributed by atoms with Crippen molar-refractivity contribution in [2.75, 3.05) is 58.4 Å². The van der Waals surface area contributed by atoms with Crippen LogP contribution in [0.5, 0.6) is 11.5 Å². The average molecular weight is 514 g/mol. The highest BCUT2D eigenvalue weighted by atomic mass is 16.5. The van der Waals surface area contributed by atoms with Gasteiger partial charge in [-0.2, -0.15) is 5.26 Å². The molecule has 2 aliphatic rings. The number of aromatic nitrogens is 1. The number of hydrogen-bond donors (Lipinski definition) is 0. The Morgan fingerprint density at radius 3 is 2.58 bits per heavy atom. The number of anilines is 1. The highest BCUT2D eigenvalue weighted by Gasteiger charge is 2.30. The maximum atomic E-state index is 12.9. The Hall–Kier alpha value is -4.16. The number of rotatable bonds is 7. The number of pyridine rings is 1. The first-order valence-corrected chi connectivity index (χ1v) is 12.9. The average Bonchev–Trinajstić information content (AvgIpc) is 3.18. The van der Waals surface area contributed by atoms with Crippen LogP contribution in [0.3, 0.4) is 0 Å². The lowest BCUT2D eigenvalue weighted by Gasteiger charge is -2.28. The van der Waals surface area contributed by atoms with Gasteiger partial charge in [-0.25, -0.2) is 0 Å². The summed E-state index contributed by atoms with van der Waals surface area (Å²) in [7, 11) is 3.19. The SMILES string of the molecule is COc1cc2ncc(C#N)c(N3CCCN(CCCN4C(=O)Cc5ccccc5C4=O)CC3)c2cc1OC. The van der Waals surface area contributed by atoms with Crippen molar-refractivity contribution >= 4 is 28.4 Å². The van der Waals surface area contributed by atoms with Crippen LogP contribution in [0, 0.1) is 11.3 Å². The first-order valence-electron chi connectivity index (χ1n) is 12.9. The van der Waals surface area contributed by atoms with E-state index in [0.29, 0.717) is 29.2 Å². The molecule has 3 heterocycles. The molecule has 0 N–H and O–H groups in total. The zero-order valence-corrected chi connectivity index (χ0v) is 21.8. The number of imide groups is 1. The Labute approximate surface area is 222 Å². The predicted octanol–water partition coefficient (Wildman–Crippen LogP) is 3.25. The van der Waals surface area contributed by atoms with Gasteiger partial charge in [-0.05, 0) is 43.6 Å². The van der Waals surface area contributed by atoms with Gasteiger partial charge in [-0.1, -0.05) is 18.2 Å². The summed E-state index contributed by atoms with van der Waals surface area (Å²) < 4.78 is 11.0. The highest BCUT2D eigenvalue weighted by Crippen LogP contribution is 2.37. The molecule has 9 heteroatoms. The van der Waals surface area contributed by atoms with Gasteiger partial charge in [0.1, 0.15) is 6.07 Å². The molecule has 2 aromatic carbocycles. The minimum absolute atomic E-state index is 0.128. The van der Waals surface area contributed by atoms with E-state index in [1.54, 1.807) is 26.5 Å². The molecule has 196 valence electrons. The van der Waals surface area contributed by atoms with E-state index in [9.17, 15) is 14.9 Å². The van der Waals surface area contributed by atoms with Crippen molar-refractivity contribution in [1.29, 1.82) is 5.26 Å². The van der Waals surface area contributed by atoms with Gasteiger partial charge in [0, 0.05) is 49.4 Å². The Balaban J connectivity index is 1.26. The molecular weight excluding hydrogens is 482 g/mol. The minimum atomic E-state index is -0.195. The number of ether oxygens (including phenoxy) is 2. The molecule has 9 nitrogen and oxygen atoms in total. The number of carbonyl (C=O) groups excluding carboxylic acids is 2. The summed E-state index contributed by atoms with van der Waals surface area (Å²) in [6.07, 6.45) is 3.55. The van der Waals surface area contributed by atoms with Crippen LogP contribution in [-0.4, -0.2) is 80.1 Å². The number of hydrogen-bond acceptors (Lipinski definition) is 8. The smallest absolute Gasteiger partial charge is 0.260 e. The largest absolute Gasteiger partial charge is 0.493 e. The predicted molar refractivity (Wildman–Crippen MR) is 144 cm³/mol. The number of amides is 2. The van der Waals surface area contributed by atoms with Gasteiger partial charge in [-0.15, -0.1) is 0 Å². The van der Waals surface area contributed by atoms with Crippen molar-refractivity contribution in [2.45, 2.75) is 19.3 Å². The summed E-state index contributed by atoms with van der Waals surface area (Å²) in [5.41, 5.74) is 3.58. The third kappa shape index (κ3) is 4.87. The molecule has 0 saturated carbocycles. The Bertz CT molecular complexity index is 1420. The van der Waals surface area contributed by atoms with E-state index in [4.69, 9.17) is 9.47 Å².